The molecule has 1 aromatic carbocycles. The van der Waals surface area contributed by atoms with Crippen molar-refractivity contribution in [3.8, 4) is 0 Å². The van der Waals surface area contributed by atoms with Crippen LogP contribution in [0.15, 0.2) is 41.4 Å². The van der Waals surface area contributed by atoms with Crippen LogP contribution in [0.4, 0.5) is 0 Å². The van der Waals surface area contributed by atoms with Crippen LogP contribution in [0, 0.1) is 5.92 Å². The van der Waals surface area contributed by atoms with Gasteiger partial charge >= 0.3 is 5.97 Å². The summed E-state index contributed by atoms with van der Waals surface area (Å²) in [6.07, 6.45) is 3.45. The summed E-state index contributed by atoms with van der Waals surface area (Å²) in [5.74, 6) is -2.17. The van der Waals surface area contributed by atoms with Gasteiger partial charge in [0, 0.05) is 24.2 Å². The summed E-state index contributed by atoms with van der Waals surface area (Å²) in [6.45, 7) is 1.86. The average Bonchev–Trinajstić information content (AvgIpc) is 3.08. The van der Waals surface area contributed by atoms with Crippen LogP contribution in [0.1, 0.15) is 26.2 Å². The molecular formula is C19H25N3O6S2. The van der Waals surface area contributed by atoms with Crippen molar-refractivity contribution in [3.05, 3.63) is 36.5 Å². The number of benzene rings is 1. The van der Waals surface area contributed by atoms with Crippen molar-refractivity contribution in [2.45, 2.75) is 43.2 Å². The van der Waals surface area contributed by atoms with Gasteiger partial charge in [-0.05, 0) is 25.0 Å². The fourth-order valence-corrected chi connectivity index (χ4v) is 6.73. The van der Waals surface area contributed by atoms with Crippen LogP contribution in [-0.4, -0.2) is 62.1 Å². The number of nitrogens with zero attached hydrogens (tertiary/aromatic N) is 2. The molecule has 1 fully saturated rings. The molecule has 2 aromatic rings. The third kappa shape index (κ3) is 4.48. The van der Waals surface area contributed by atoms with Gasteiger partial charge in [0.15, 0.2) is 0 Å². The van der Waals surface area contributed by atoms with Gasteiger partial charge in [0.05, 0.1) is 23.7 Å². The lowest BCUT2D eigenvalue weighted by Gasteiger charge is -2.31. The molecule has 11 heteroatoms. The fraction of sp³-hybridized carbons (Fsp3) is 0.474. The first-order valence-corrected chi connectivity index (χ1v) is 12.9. The van der Waals surface area contributed by atoms with E-state index in [0.29, 0.717) is 17.3 Å². The monoisotopic (exact) mass is 455 g/mol. The van der Waals surface area contributed by atoms with Gasteiger partial charge in [0.2, 0.25) is 20.0 Å². The first kappa shape index (κ1) is 22.6. The van der Waals surface area contributed by atoms with E-state index in [9.17, 15) is 26.7 Å². The summed E-state index contributed by atoms with van der Waals surface area (Å²) < 4.78 is 54.6. The molecule has 0 saturated carbocycles. The molecule has 0 unspecified atom stereocenters. The van der Waals surface area contributed by atoms with Gasteiger partial charge in [-0.3, -0.25) is 9.78 Å². The van der Waals surface area contributed by atoms with Crippen molar-refractivity contribution in [1.29, 1.82) is 0 Å². The Hall–Kier alpha value is -2.08. The largest absolute Gasteiger partial charge is 0.481 e. The minimum absolute atomic E-state index is 0.0282. The second-order valence-electron chi connectivity index (χ2n) is 7.45. The minimum atomic E-state index is -4.07. The Morgan fingerprint density at radius 3 is 2.60 bits per heavy atom. The SMILES string of the molecule is CCC[C@@H](C(=O)O)[C@@H]1[C@@H](NS(=O)(=O)c2cccc3cccnc23)CCN1S(C)(=O)=O. The van der Waals surface area contributed by atoms with E-state index >= 15 is 0 Å². The van der Waals surface area contributed by atoms with Crippen molar-refractivity contribution in [3.63, 3.8) is 0 Å². The van der Waals surface area contributed by atoms with E-state index in [1.54, 1.807) is 31.2 Å². The lowest BCUT2D eigenvalue weighted by molar-refractivity contribution is -0.143. The molecule has 1 aliphatic rings. The lowest BCUT2D eigenvalue weighted by Crippen LogP contribution is -2.52. The smallest absolute Gasteiger partial charge is 0.308 e. The van der Waals surface area contributed by atoms with Crippen LogP contribution in [0.2, 0.25) is 0 Å². The lowest BCUT2D eigenvalue weighted by atomic mass is 9.91. The van der Waals surface area contributed by atoms with E-state index in [2.05, 4.69) is 9.71 Å². The van der Waals surface area contributed by atoms with Gasteiger partial charge in [-0.25, -0.2) is 21.6 Å². The number of hydrogen-bond acceptors (Lipinski definition) is 6. The third-order valence-corrected chi connectivity index (χ3v) is 8.15. The van der Waals surface area contributed by atoms with Crippen LogP contribution >= 0.6 is 0 Å². The molecule has 1 saturated heterocycles. The Kier molecular flexibility index (Phi) is 6.46. The maximum Gasteiger partial charge on any atom is 0.308 e. The zero-order chi connectivity index (χ0) is 22.1. The zero-order valence-electron chi connectivity index (χ0n) is 16.7. The topological polar surface area (TPSA) is 134 Å². The summed E-state index contributed by atoms with van der Waals surface area (Å²) in [5, 5.41) is 10.4. The summed E-state index contributed by atoms with van der Waals surface area (Å²) in [5.41, 5.74) is 0.297. The number of aliphatic carboxylic acids is 1. The number of nitrogens with one attached hydrogen (secondary N) is 1. The Morgan fingerprint density at radius 1 is 1.27 bits per heavy atom. The molecule has 2 heterocycles. The normalized spacial score (nSPS) is 21.7. The highest BCUT2D eigenvalue weighted by atomic mass is 32.2. The highest BCUT2D eigenvalue weighted by Crippen LogP contribution is 2.31. The molecule has 164 valence electrons. The molecule has 3 rings (SSSR count). The number of sulfonamides is 2. The van der Waals surface area contributed by atoms with Gasteiger partial charge in [-0.1, -0.05) is 31.5 Å². The Labute approximate surface area is 176 Å². The Morgan fingerprint density at radius 2 is 1.97 bits per heavy atom. The van der Waals surface area contributed by atoms with Gasteiger partial charge in [0.1, 0.15) is 4.90 Å². The van der Waals surface area contributed by atoms with Gasteiger partial charge in [-0.15, -0.1) is 0 Å². The number of rotatable bonds is 8. The molecule has 0 bridgehead atoms. The van der Waals surface area contributed by atoms with Crippen LogP contribution in [0.3, 0.4) is 0 Å². The number of fused-ring (bicyclic) bond motifs is 1. The van der Waals surface area contributed by atoms with E-state index in [0.717, 1.165) is 10.6 Å². The average molecular weight is 456 g/mol. The number of pyridine rings is 1. The molecule has 1 aromatic heterocycles. The summed E-state index contributed by atoms with van der Waals surface area (Å²) in [6, 6.07) is 6.35. The predicted molar refractivity (Wildman–Crippen MR) is 112 cm³/mol. The number of carboxylic acid groups (broad SMARTS) is 1. The van der Waals surface area contributed by atoms with E-state index in [1.807, 2.05) is 0 Å². The molecule has 3 atom stereocenters. The maximum absolute atomic E-state index is 13.2. The minimum Gasteiger partial charge on any atom is -0.481 e. The Balaban J connectivity index is 2.01. The number of carbonyl (C=O) groups is 1. The number of carboxylic acids is 1. The molecule has 9 nitrogen and oxygen atoms in total. The molecule has 1 aliphatic heterocycles. The first-order chi connectivity index (χ1) is 14.1. The summed E-state index contributed by atoms with van der Waals surface area (Å²) >= 11 is 0. The van der Waals surface area contributed by atoms with Crippen LogP contribution in [0.25, 0.3) is 10.9 Å². The van der Waals surface area contributed by atoms with Crippen LogP contribution in [0.5, 0.6) is 0 Å². The molecule has 2 N–H and O–H groups in total. The van der Waals surface area contributed by atoms with Crippen molar-refractivity contribution >= 4 is 36.9 Å². The third-order valence-electron chi connectivity index (χ3n) is 5.35. The molecule has 30 heavy (non-hydrogen) atoms. The van der Waals surface area contributed by atoms with E-state index in [-0.39, 0.29) is 24.3 Å². The van der Waals surface area contributed by atoms with E-state index in [1.165, 1.54) is 12.3 Å². The van der Waals surface area contributed by atoms with Crippen molar-refractivity contribution in [2.75, 3.05) is 12.8 Å². The maximum atomic E-state index is 13.2. The zero-order valence-corrected chi connectivity index (χ0v) is 18.4. The van der Waals surface area contributed by atoms with Crippen LogP contribution < -0.4 is 4.72 Å². The second kappa shape index (κ2) is 8.58. The van der Waals surface area contributed by atoms with Crippen molar-refractivity contribution in [1.82, 2.24) is 14.0 Å². The quantitative estimate of drug-likeness (QED) is 0.615. The van der Waals surface area contributed by atoms with Gasteiger partial charge < -0.3 is 5.11 Å². The Bertz CT molecular complexity index is 1140. The number of para-hydroxylation sites is 1. The predicted octanol–water partition coefficient (Wildman–Crippen LogP) is 1.42. The first-order valence-electron chi connectivity index (χ1n) is 9.62. The molecule has 0 radical (unpaired) electrons. The molecule has 0 amide bonds. The molecule has 0 aliphatic carbocycles. The molecular weight excluding hydrogens is 430 g/mol. The molecule has 0 spiro atoms. The number of aromatic nitrogens is 1. The second-order valence-corrected chi connectivity index (χ2v) is 11.1. The highest BCUT2D eigenvalue weighted by molar-refractivity contribution is 7.89. The van der Waals surface area contributed by atoms with E-state index < -0.39 is 44.0 Å². The van der Waals surface area contributed by atoms with Crippen LogP contribution in [-0.2, 0) is 24.8 Å². The summed E-state index contributed by atoms with van der Waals surface area (Å²) in [4.78, 5) is 16.0. The number of hydrogen-bond donors (Lipinski definition) is 2. The van der Waals surface area contributed by atoms with Crippen molar-refractivity contribution in [2.24, 2.45) is 5.92 Å². The summed E-state index contributed by atoms with van der Waals surface area (Å²) in [7, 11) is -7.79. The highest BCUT2D eigenvalue weighted by Gasteiger charge is 2.47. The van der Waals surface area contributed by atoms with Gasteiger partial charge in [-0.2, -0.15) is 4.31 Å². The van der Waals surface area contributed by atoms with E-state index in [4.69, 9.17) is 0 Å². The standard InChI is InChI=1S/C19H25N3O6S2/c1-3-6-14(19(23)24)18-15(10-12-22(18)29(2,25)26)21-30(27,28)16-9-4-7-13-8-5-11-20-17(13)16/h4-5,7-9,11,14-15,18,21H,3,6,10,12H2,1-2H3,(H,23,24)/t14-,15+,18-/m1/s1. The van der Waals surface area contributed by atoms with Gasteiger partial charge in [0.25, 0.3) is 0 Å². The van der Waals surface area contributed by atoms with Crippen molar-refractivity contribution < 1.29 is 26.7 Å². The fourth-order valence-electron chi connectivity index (χ4n) is 4.09.